The van der Waals surface area contributed by atoms with Crippen molar-refractivity contribution in [1.29, 1.82) is 0 Å². The Hall–Kier alpha value is -1.40. The summed E-state index contributed by atoms with van der Waals surface area (Å²) in [6.07, 6.45) is 2.94. The van der Waals surface area contributed by atoms with E-state index >= 15 is 0 Å². The molecule has 1 atom stereocenters. The Kier molecular flexibility index (Phi) is 5.55. The molecule has 0 amide bonds. The van der Waals surface area contributed by atoms with Crippen molar-refractivity contribution in [2.24, 2.45) is 5.73 Å². The summed E-state index contributed by atoms with van der Waals surface area (Å²) in [6.45, 7) is 2.11. The second-order valence-corrected chi connectivity index (χ2v) is 5.53. The molecule has 0 aliphatic rings. The Morgan fingerprint density at radius 1 is 1.40 bits per heavy atom. The van der Waals surface area contributed by atoms with E-state index in [-0.39, 0.29) is 11.9 Å². The van der Waals surface area contributed by atoms with Crippen molar-refractivity contribution in [1.82, 2.24) is 10.1 Å². The van der Waals surface area contributed by atoms with E-state index in [1.165, 1.54) is 17.8 Å². The minimum absolute atomic E-state index is 0.213. The zero-order valence-electron chi connectivity index (χ0n) is 11.4. The second kappa shape index (κ2) is 7.40. The van der Waals surface area contributed by atoms with E-state index in [0.29, 0.717) is 22.4 Å². The predicted octanol–water partition coefficient (Wildman–Crippen LogP) is 3.69. The average Bonchev–Trinajstić information content (AvgIpc) is 2.93. The molecule has 2 N–H and O–H groups in total. The summed E-state index contributed by atoms with van der Waals surface area (Å²) < 4.78 is 18.6. The van der Waals surface area contributed by atoms with E-state index in [0.717, 1.165) is 19.3 Å². The van der Waals surface area contributed by atoms with Gasteiger partial charge in [-0.15, -0.1) is 11.8 Å². The smallest absolute Gasteiger partial charge is 0.243 e. The molecule has 1 heterocycles. The molecule has 2 aromatic rings. The van der Waals surface area contributed by atoms with E-state index in [4.69, 9.17) is 10.3 Å². The molecule has 2 rings (SSSR count). The van der Waals surface area contributed by atoms with Crippen LogP contribution in [0.2, 0.25) is 0 Å². The van der Waals surface area contributed by atoms with Gasteiger partial charge < -0.3 is 10.3 Å². The van der Waals surface area contributed by atoms with E-state index in [1.54, 1.807) is 18.2 Å². The van der Waals surface area contributed by atoms with Crippen LogP contribution in [-0.4, -0.2) is 10.1 Å². The van der Waals surface area contributed by atoms with Crippen molar-refractivity contribution in [3.05, 3.63) is 41.8 Å². The van der Waals surface area contributed by atoms with Gasteiger partial charge in [0.15, 0.2) is 5.82 Å². The molecule has 4 nitrogen and oxygen atoms in total. The quantitative estimate of drug-likeness (QED) is 0.789. The minimum atomic E-state index is -0.235. The number of hydrogen-bond acceptors (Lipinski definition) is 5. The van der Waals surface area contributed by atoms with Crippen LogP contribution < -0.4 is 5.73 Å². The van der Waals surface area contributed by atoms with Gasteiger partial charge in [-0.05, 0) is 18.6 Å². The molecule has 108 valence electrons. The molecule has 0 bridgehead atoms. The fraction of sp³-hybridized carbons (Fsp3) is 0.429. The van der Waals surface area contributed by atoms with E-state index in [1.807, 2.05) is 0 Å². The van der Waals surface area contributed by atoms with Crippen LogP contribution in [-0.2, 0) is 5.75 Å². The zero-order chi connectivity index (χ0) is 14.4. The first kappa shape index (κ1) is 15.0. The second-order valence-electron chi connectivity index (χ2n) is 4.52. The first-order valence-electron chi connectivity index (χ1n) is 6.66. The number of unbranched alkanes of at least 4 members (excludes halogenated alkanes) is 1. The van der Waals surface area contributed by atoms with Crippen LogP contribution in [0.15, 0.2) is 33.7 Å². The SMILES string of the molecule is CCCC[C@H](N)c1nc(CSc2ccccc2F)no1. The van der Waals surface area contributed by atoms with Crippen molar-refractivity contribution in [2.75, 3.05) is 0 Å². The molecule has 1 aromatic carbocycles. The number of nitrogens with two attached hydrogens (primary N) is 1. The van der Waals surface area contributed by atoms with Gasteiger partial charge in [0.1, 0.15) is 5.82 Å². The minimum Gasteiger partial charge on any atom is -0.338 e. The van der Waals surface area contributed by atoms with Crippen molar-refractivity contribution in [3.63, 3.8) is 0 Å². The third-order valence-electron chi connectivity index (χ3n) is 2.86. The molecular weight excluding hydrogens is 277 g/mol. The number of aromatic nitrogens is 2. The standard InChI is InChI=1S/C14H18FN3OS/c1-2-3-7-11(16)14-17-13(18-19-14)9-20-12-8-5-4-6-10(12)15/h4-6,8,11H,2-3,7,9,16H2,1H3/t11-/m0/s1. The van der Waals surface area contributed by atoms with Crippen molar-refractivity contribution in [3.8, 4) is 0 Å². The molecule has 1 aromatic heterocycles. The maximum atomic E-state index is 13.5. The molecule has 0 fully saturated rings. The van der Waals surface area contributed by atoms with Crippen LogP contribution >= 0.6 is 11.8 Å². The summed E-state index contributed by atoms with van der Waals surface area (Å²) >= 11 is 1.34. The first-order valence-corrected chi connectivity index (χ1v) is 7.64. The normalized spacial score (nSPS) is 12.6. The van der Waals surface area contributed by atoms with Gasteiger partial charge in [-0.3, -0.25) is 0 Å². The fourth-order valence-electron chi connectivity index (χ4n) is 1.73. The summed E-state index contributed by atoms with van der Waals surface area (Å²) in [7, 11) is 0. The van der Waals surface area contributed by atoms with Crippen LogP contribution in [0.1, 0.15) is 43.9 Å². The maximum Gasteiger partial charge on any atom is 0.243 e. The molecule has 0 saturated carbocycles. The van der Waals surface area contributed by atoms with Crippen molar-refractivity contribution < 1.29 is 8.91 Å². The van der Waals surface area contributed by atoms with Crippen LogP contribution in [0.4, 0.5) is 4.39 Å². The monoisotopic (exact) mass is 295 g/mol. The Morgan fingerprint density at radius 3 is 2.95 bits per heavy atom. The molecule has 0 radical (unpaired) electrons. The van der Waals surface area contributed by atoms with Gasteiger partial charge in [0, 0.05) is 4.90 Å². The van der Waals surface area contributed by atoms with Crippen LogP contribution in [0.25, 0.3) is 0 Å². The number of hydrogen-bond donors (Lipinski definition) is 1. The lowest BCUT2D eigenvalue weighted by molar-refractivity contribution is 0.343. The largest absolute Gasteiger partial charge is 0.338 e. The van der Waals surface area contributed by atoms with Crippen LogP contribution in [0.5, 0.6) is 0 Å². The van der Waals surface area contributed by atoms with Gasteiger partial charge in [-0.1, -0.05) is 37.1 Å². The summed E-state index contributed by atoms with van der Waals surface area (Å²) in [5.41, 5.74) is 5.96. The number of thioether (sulfide) groups is 1. The van der Waals surface area contributed by atoms with Gasteiger partial charge >= 0.3 is 0 Å². The molecule has 0 unspecified atom stereocenters. The predicted molar refractivity (Wildman–Crippen MR) is 76.7 cm³/mol. The van der Waals surface area contributed by atoms with Gasteiger partial charge in [-0.2, -0.15) is 4.98 Å². The van der Waals surface area contributed by atoms with Gasteiger partial charge in [0.2, 0.25) is 5.89 Å². The summed E-state index contributed by atoms with van der Waals surface area (Å²) in [4.78, 5) is 4.84. The van der Waals surface area contributed by atoms with Gasteiger partial charge in [0.05, 0.1) is 11.8 Å². The van der Waals surface area contributed by atoms with Crippen LogP contribution in [0, 0.1) is 5.82 Å². The van der Waals surface area contributed by atoms with Crippen LogP contribution in [0.3, 0.4) is 0 Å². The zero-order valence-corrected chi connectivity index (χ0v) is 12.2. The molecule has 0 aliphatic carbocycles. The van der Waals surface area contributed by atoms with Gasteiger partial charge in [-0.25, -0.2) is 4.39 Å². The molecular formula is C14H18FN3OS. The highest BCUT2D eigenvalue weighted by molar-refractivity contribution is 7.98. The molecule has 6 heteroatoms. The number of rotatable bonds is 7. The summed E-state index contributed by atoms with van der Waals surface area (Å²) in [5.74, 6) is 1.23. The number of halogens is 1. The highest BCUT2D eigenvalue weighted by atomic mass is 32.2. The summed E-state index contributed by atoms with van der Waals surface area (Å²) in [5, 5.41) is 3.88. The highest BCUT2D eigenvalue weighted by Crippen LogP contribution is 2.24. The number of benzene rings is 1. The third kappa shape index (κ3) is 4.05. The Bertz CT molecular complexity index is 547. The number of nitrogens with zero attached hydrogens (tertiary/aromatic N) is 2. The van der Waals surface area contributed by atoms with E-state index < -0.39 is 0 Å². The Labute approximate surface area is 121 Å². The topological polar surface area (TPSA) is 64.9 Å². The molecule has 0 spiro atoms. The molecule has 20 heavy (non-hydrogen) atoms. The Morgan fingerprint density at radius 2 is 2.20 bits per heavy atom. The lowest BCUT2D eigenvalue weighted by atomic mass is 10.1. The van der Waals surface area contributed by atoms with Crippen molar-refractivity contribution in [2.45, 2.75) is 42.9 Å². The molecule has 0 aliphatic heterocycles. The first-order chi connectivity index (χ1) is 9.70. The average molecular weight is 295 g/mol. The van der Waals surface area contributed by atoms with Gasteiger partial charge in [0.25, 0.3) is 0 Å². The third-order valence-corrected chi connectivity index (χ3v) is 3.91. The highest BCUT2D eigenvalue weighted by Gasteiger charge is 2.14. The fourth-order valence-corrected chi connectivity index (χ4v) is 2.51. The lowest BCUT2D eigenvalue weighted by Gasteiger charge is -2.03. The Balaban J connectivity index is 1.91. The maximum absolute atomic E-state index is 13.5. The van der Waals surface area contributed by atoms with Crippen molar-refractivity contribution >= 4 is 11.8 Å². The molecule has 0 saturated heterocycles. The van der Waals surface area contributed by atoms with E-state index in [2.05, 4.69) is 17.1 Å². The lowest BCUT2D eigenvalue weighted by Crippen LogP contribution is -2.10. The summed E-state index contributed by atoms with van der Waals surface area (Å²) in [6, 6.07) is 6.42. The van der Waals surface area contributed by atoms with E-state index in [9.17, 15) is 4.39 Å².